The van der Waals surface area contributed by atoms with Gasteiger partial charge in [-0.25, -0.2) is 4.79 Å². The van der Waals surface area contributed by atoms with Crippen molar-refractivity contribution in [1.29, 1.82) is 0 Å². The minimum Gasteiger partial charge on any atom is -0.497 e. The lowest BCUT2D eigenvalue weighted by Crippen LogP contribution is -2.32. The molecule has 0 aromatic heterocycles. The molecule has 1 aliphatic rings. The van der Waals surface area contributed by atoms with Gasteiger partial charge in [0.25, 0.3) is 0 Å². The van der Waals surface area contributed by atoms with Crippen LogP contribution in [0.2, 0.25) is 5.02 Å². The third-order valence-electron chi connectivity index (χ3n) is 4.16. The molecular formula is C18H19ClN2O2. The molecule has 2 amide bonds. The summed E-state index contributed by atoms with van der Waals surface area (Å²) in [5.41, 5.74) is 2.00. The van der Waals surface area contributed by atoms with Crippen molar-refractivity contribution in [2.75, 3.05) is 25.5 Å². The molecule has 120 valence electrons. The first-order valence-corrected chi connectivity index (χ1v) is 7.99. The van der Waals surface area contributed by atoms with Crippen LogP contribution in [0.15, 0.2) is 48.5 Å². The molecule has 1 fully saturated rings. The second-order valence-electron chi connectivity index (χ2n) is 5.64. The number of ether oxygens (including phenoxy) is 1. The van der Waals surface area contributed by atoms with Gasteiger partial charge in [0.15, 0.2) is 0 Å². The van der Waals surface area contributed by atoms with Crippen molar-refractivity contribution >= 4 is 23.3 Å². The highest BCUT2D eigenvalue weighted by Crippen LogP contribution is 2.28. The summed E-state index contributed by atoms with van der Waals surface area (Å²) >= 11 is 5.85. The van der Waals surface area contributed by atoms with Crippen LogP contribution in [0.25, 0.3) is 0 Å². The van der Waals surface area contributed by atoms with E-state index in [9.17, 15) is 4.79 Å². The van der Waals surface area contributed by atoms with Gasteiger partial charge in [0, 0.05) is 29.7 Å². The summed E-state index contributed by atoms with van der Waals surface area (Å²) in [4.78, 5) is 14.2. The highest BCUT2D eigenvalue weighted by atomic mass is 35.5. The number of halogens is 1. The van der Waals surface area contributed by atoms with Gasteiger partial charge in [-0.15, -0.1) is 0 Å². The van der Waals surface area contributed by atoms with E-state index in [4.69, 9.17) is 16.3 Å². The fourth-order valence-corrected chi connectivity index (χ4v) is 2.95. The van der Waals surface area contributed by atoms with Crippen molar-refractivity contribution in [2.24, 2.45) is 0 Å². The molecule has 3 rings (SSSR count). The SMILES string of the molecule is COc1ccc(C2CCN(C(=O)Nc3ccc(Cl)cc3)C2)cc1. The van der Waals surface area contributed by atoms with Crippen LogP contribution in [0.4, 0.5) is 10.5 Å². The molecule has 0 radical (unpaired) electrons. The minimum atomic E-state index is -0.0664. The van der Waals surface area contributed by atoms with Gasteiger partial charge >= 0.3 is 6.03 Å². The number of carbonyl (C=O) groups is 1. The van der Waals surface area contributed by atoms with E-state index in [2.05, 4.69) is 17.4 Å². The number of urea groups is 1. The molecule has 1 unspecified atom stereocenters. The smallest absolute Gasteiger partial charge is 0.321 e. The Balaban J connectivity index is 1.60. The molecule has 1 atom stereocenters. The Morgan fingerprint density at radius 3 is 2.52 bits per heavy atom. The first-order valence-electron chi connectivity index (χ1n) is 7.61. The number of amides is 2. The number of methoxy groups -OCH3 is 1. The van der Waals surface area contributed by atoms with Gasteiger partial charge in [-0.1, -0.05) is 23.7 Å². The molecule has 0 bridgehead atoms. The lowest BCUT2D eigenvalue weighted by Gasteiger charge is -2.17. The Morgan fingerprint density at radius 1 is 1.17 bits per heavy atom. The summed E-state index contributed by atoms with van der Waals surface area (Å²) in [6.45, 7) is 1.49. The number of likely N-dealkylation sites (tertiary alicyclic amines) is 1. The summed E-state index contributed by atoms with van der Waals surface area (Å²) in [6.07, 6.45) is 0.973. The van der Waals surface area contributed by atoms with Gasteiger partial charge in [-0.05, 0) is 48.4 Å². The normalized spacial score (nSPS) is 17.1. The zero-order valence-electron chi connectivity index (χ0n) is 13.0. The fraction of sp³-hybridized carbons (Fsp3) is 0.278. The topological polar surface area (TPSA) is 41.6 Å². The van der Waals surface area contributed by atoms with Gasteiger partial charge in [-0.3, -0.25) is 0 Å². The maximum atomic E-state index is 12.3. The van der Waals surface area contributed by atoms with E-state index < -0.39 is 0 Å². The number of hydrogen-bond acceptors (Lipinski definition) is 2. The Morgan fingerprint density at radius 2 is 1.87 bits per heavy atom. The average Bonchev–Trinajstić information content (AvgIpc) is 3.07. The molecule has 1 heterocycles. The van der Waals surface area contributed by atoms with Crippen LogP contribution in [-0.2, 0) is 0 Å². The summed E-state index contributed by atoms with van der Waals surface area (Å²) in [6, 6.07) is 15.1. The van der Waals surface area contributed by atoms with Gasteiger partial charge in [0.2, 0.25) is 0 Å². The second kappa shape index (κ2) is 6.92. The van der Waals surface area contributed by atoms with Crippen LogP contribution in [-0.4, -0.2) is 31.1 Å². The Bertz CT molecular complexity index is 670. The molecule has 5 heteroatoms. The highest BCUT2D eigenvalue weighted by Gasteiger charge is 2.27. The predicted molar refractivity (Wildman–Crippen MR) is 92.4 cm³/mol. The summed E-state index contributed by atoms with van der Waals surface area (Å²) in [5.74, 6) is 1.22. The number of nitrogens with one attached hydrogen (secondary N) is 1. The average molecular weight is 331 g/mol. The quantitative estimate of drug-likeness (QED) is 0.908. The maximum Gasteiger partial charge on any atom is 0.321 e. The number of anilines is 1. The van der Waals surface area contributed by atoms with Crippen molar-refractivity contribution in [3.05, 3.63) is 59.1 Å². The number of nitrogens with zero attached hydrogens (tertiary/aromatic N) is 1. The molecule has 0 spiro atoms. The Labute approximate surface area is 141 Å². The third-order valence-corrected chi connectivity index (χ3v) is 4.41. The van der Waals surface area contributed by atoms with Crippen molar-refractivity contribution < 1.29 is 9.53 Å². The first-order chi connectivity index (χ1) is 11.2. The molecule has 1 aliphatic heterocycles. The van der Waals surface area contributed by atoms with E-state index in [1.807, 2.05) is 17.0 Å². The number of carbonyl (C=O) groups excluding carboxylic acids is 1. The lowest BCUT2D eigenvalue weighted by molar-refractivity contribution is 0.222. The summed E-state index contributed by atoms with van der Waals surface area (Å²) in [5, 5.41) is 3.57. The molecule has 0 aliphatic carbocycles. The predicted octanol–water partition coefficient (Wildman–Crippen LogP) is 4.37. The van der Waals surface area contributed by atoms with Crippen LogP contribution in [0, 0.1) is 0 Å². The Kier molecular flexibility index (Phi) is 4.72. The van der Waals surface area contributed by atoms with E-state index in [-0.39, 0.29) is 6.03 Å². The zero-order chi connectivity index (χ0) is 16.2. The Hall–Kier alpha value is -2.20. The van der Waals surface area contributed by atoms with Crippen LogP contribution in [0.3, 0.4) is 0 Å². The van der Waals surface area contributed by atoms with Gasteiger partial charge in [0.05, 0.1) is 7.11 Å². The summed E-state index contributed by atoms with van der Waals surface area (Å²) in [7, 11) is 1.66. The van der Waals surface area contributed by atoms with E-state index >= 15 is 0 Å². The first kappa shape index (κ1) is 15.7. The molecule has 2 aromatic carbocycles. The minimum absolute atomic E-state index is 0.0664. The molecule has 4 nitrogen and oxygen atoms in total. The monoisotopic (exact) mass is 330 g/mol. The van der Waals surface area contributed by atoms with E-state index in [0.29, 0.717) is 10.9 Å². The van der Waals surface area contributed by atoms with Gasteiger partial charge < -0.3 is 15.0 Å². The lowest BCUT2D eigenvalue weighted by atomic mass is 9.98. The number of hydrogen-bond donors (Lipinski definition) is 1. The maximum absolute atomic E-state index is 12.3. The van der Waals surface area contributed by atoms with Crippen LogP contribution in [0.5, 0.6) is 5.75 Å². The molecule has 1 N–H and O–H groups in total. The van der Waals surface area contributed by atoms with Crippen LogP contribution < -0.4 is 10.1 Å². The van der Waals surface area contributed by atoms with Crippen molar-refractivity contribution in [2.45, 2.75) is 12.3 Å². The van der Waals surface area contributed by atoms with E-state index in [1.165, 1.54) is 5.56 Å². The molecule has 1 saturated heterocycles. The van der Waals surface area contributed by atoms with Crippen molar-refractivity contribution in [3.63, 3.8) is 0 Å². The molecule has 0 saturated carbocycles. The van der Waals surface area contributed by atoms with Crippen LogP contribution in [0.1, 0.15) is 17.9 Å². The van der Waals surface area contributed by atoms with Crippen molar-refractivity contribution in [1.82, 2.24) is 4.90 Å². The van der Waals surface area contributed by atoms with Gasteiger partial charge in [0.1, 0.15) is 5.75 Å². The summed E-state index contributed by atoms with van der Waals surface area (Å²) < 4.78 is 5.18. The number of benzene rings is 2. The van der Waals surface area contributed by atoms with E-state index in [0.717, 1.165) is 30.9 Å². The third kappa shape index (κ3) is 3.77. The fourth-order valence-electron chi connectivity index (χ4n) is 2.83. The molecular weight excluding hydrogens is 312 g/mol. The van der Waals surface area contributed by atoms with E-state index in [1.54, 1.807) is 31.4 Å². The standard InChI is InChI=1S/C18H19ClN2O2/c1-23-17-8-2-13(3-9-17)14-10-11-21(12-14)18(22)20-16-6-4-15(19)5-7-16/h2-9,14H,10-12H2,1H3,(H,20,22). The van der Waals surface area contributed by atoms with Crippen LogP contribution >= 0.6 is 11.6 Å². The molecule has 2 aromatic rings. The molecule has 23 heavy (non-hydrogen) atoms. The van der Waals surface area contributed by atoms with Crippen molar-refractivity contribution in [3.8, 4) is 5.75 Å². The van der Waals surface area contributed by atoms with Gasteiger partial charge in [-0.2, -0.15) is 0 Å². The largest absolute Gasteiger partial charge is 0.497 e. The number of rotatable bonds is 3. The highest BCUT2D eigenvalue weighted by molar-refractivity contribution is 6.30. The second-order valence-corrected chi connectivity index (χ2v) is 6.08. The zero-order valence-corrected chi connectivity index (χ0v) is 13.7.